The topological polar surface area (TPSA) is 30.5 Å². The predicted octanol–water partition coefficient (Wildman–Crippen LogP) is 2.69. The van der Waals surface area contributed by atoms with Crippen LogP contribution >= 0.6 is 0 Å². The van der Waals surface area contributed by atoms with Gasteiger partial charge in [-0.2, -0.15) is 0 Å². The van der Waals surface area contributed by atoms with Crippen LogP contribution in [0.1, 0.15) is 37.9 Å². The van der Waals surface area contributed by atoms with Gasteiger partial charge in [0.15, 0.2) is 11.5 Å². The van der Waals surface area contributed by atoms with E-state index in [2.05, 4.69) is 38.2 Å². The Morgan fingerprint density at radius 1 is 1.28 bits per heavy atom. The molecule has 1 aromatic carbocycles. The molecule has 3 rings (SSSR count). The van der Waals surface area contributed by atoms with E-state index in [0.29, 0.717) is 12.0 Å². The Labute approximate surface area is 108 Å². The Morgan fingerprint density at radius 3 is 2.78 bits per heavy atom. The zero-order valence-electron chi connectivity index (χ0n) is 11.5. The molecule has 0 radical (unpaired) electrons. The highest BCUT2D eigenvalue weighted by molar-refractivity contribution is 5.56. The summed E-state index contributed by atoms with van der Waals surface area (Å²) in [6, 6.07) is 4.73. The number of nitrogens with one attached hydrogen (secondary N) is 1. The van der Waals surface area contributed by atoms with Crippen LogP contribution in [-0.2, 0) is 6.42 Å². The summed E-state index contributed by atoms with van der Waals surface area (Å²) >= 11 is 0. The molecule has 2 unspecified atom stereocenters. The Bertz CT molecular complexity index is 482. The lowest BCUT2D eigenvalue weighted by atomic mass is 9.90. The third kappa shape index (κ3) is 1.69. The first-order chi connectivity index (χ1) is 8.52. The van der Waals surface area contributed by atoms with Crippen LogP contribution in [0.5, 0.6) is 11.5 Å². The fourth-order valence-electron chi connectivity index (χ4n) is 3.09. The molecule has 0 saturated heterocycles. The second-order valence-corrected chi connectivity index (χ2v) is 6.07. The fourth-order valence-corrected chi connectivity index (χ4v) is 3.09. The van der Waals surface area contributed by atoms with Gasteiger partial charge in [0.1, 0.15) is 5.60 Å². The molecule has 0 spiro atoms. The van der Waals surface area contributed by atoms with Crippen molar-refractivity contribution in [1.82, 2.24) is 5.32 Å². The van der Waals surface area contributed by atoms with Gasteiger partial charge in [-0.05, 0) is 20.9 Å². The lowest BCUT2D eigenvalue weighted by Crippen LogP contribution is -2.32. The van der Waals surface area contributed by atoms with E-state index in [9.17, 15) is 0 Å². The van der Waals surface area contributed by atoms with Crippen molar-refractivity contribution in [3.8, 4) is 11.5 Å². The molecule has 0 amide bonds. The number of benzene rings is 1. The van der Waals surface area contributed by atoms with Gasteiger partial charge in [0, 0.05) is 29.5 Å². The quantitative estimate of drug-likeness (QED) is 0.827. The van der Waals surface area contributed by atoms with Crippen molar-refractivity contribution in [2.75, 3.05) is 13.7 Å². The minimum absolute atomic E-state index is 0.112. The summed E-state index contributed by atoms with van der Waals surface area (Å²) in [4.78, 5) is 0. The number of rotatable bonds is 1. The molecular weight excluding hydrogens is 226 g/mol. The maximum atomic E-state index is 6.07. The highest BCUT2D eigenvalue weighted by Crippen LogP contribution is 2.48. The summed E-state index contributed by atoms with van der Waals surface area (Å²) in [7, 11) is 2.01. The second kappa shape index (κ2) is 3.89. The molecule has 2 aliphatic heterocycles. The Morgan fingerprint density at radius 2 is 2.06 bits per heavy atom. The molecular formula is C15H21NO2. The van der Waals surface area contributed by atoms with Crippen molar-refractivity contribution in [3.63, 3.8) is 0 Å². The van der Waals surface area contributed by atoms with Gasteiger partial charge in [-0.3, -0.25) is 0 Å². The number of ether oxygens (including phenoxy) is 2. The SMILES string of the molecule is CNC1c2ccc3c(c2OCC1C)OC(C)(C)C3. The molecule has 2 atom stereocenters. The second-order valence-electron chi connectivity index (χ2n) is 6.07. The van der Waals surface area contributed by atoms with Gasteiger partial charge in [0.25, 0.3) is 0 Å². The van der Waals surface area contributed by atoms with Crippen LogP contribution < -0.4 is 14.8 Å². The van der Waals surface area contributed by atoms with E-state index in [-0.39, 0.29) is 5.60 Å². The van der Waals surface area contributed by atoms with Crippen molar-refractivity contribution in [1.29, 1.82) is 0 Å². The summed E-state index contributed by atoms with van der Waals surface area (Å²) in [5.74, 6) is 2.40. The van der Waals surface area contributed by atoms with E-state index < -0.39 is 0 Å². The molecule has 2 aliphatic rings. The number of fused-ring (bicyclic) bond motifs is 3. The monoisotopic (exact) mass is 247 g/mol. The van der Waals surface area contributed by atoms with Gasteiger partial charge >= 0.3 is 0 Å². The first kappa shape index (κ1) is 11.8. The van der Waals surface area contributed by atoms with Crippen molar-refractivity contribution in [2.45, 2.75) is 38.8 Å². The Hall–Kier alpha value is -1.22. The molecule has 0 saturated carbocycles. The van der Waals surface area contributed by atoms with Crippen molar-refractivity contribution < 1.29 is 9.47 Å². The summed E-state index contributed by atoms with van der Waals surface area (Å²) in [6.07, 6.45) is 0.957. The van der Waals surface area contributed by atoms with Crippen LogP contribution in [0.3, 0.4) is 0 Å². The molecule has 18 heavy (non-hydrogen) atoms. The van der Waals surface area contributed by atoms with Gasteiger partial charge in [0.05, 0.1) is 6.61 Å². The smallest absolute Gasteiger partial charge is 0.166 e. The molecule has 98 valence electrons. The maximum Gasteiger partial charge on any atom is 0.166 e. The van der Waals surface area contributed by atoms with E-state index in [1.54, 1.807) is 0 Å². The van der Waals surface area contributed by atoms with Crippen molar-refractivity contribution in [2.24, 2.45) is 5.92 Å². The van der Waals surface area contributed by atoms with E-state index in [0.717, 1.165) is 24.5 Å². The zero-order chi connectivity index (χ0) is 12.9. The first-order valence-corrected chi connectivity index (χ1v) is 6.67. The third-order valence-corrected chi connectivity index (χ3v) is 3.92. The summed E-state index contributed by atoms with van der Waals surface area (Å²) < 4.78 is 12.0. The standard InChI is InChI=1S/C15H21NO2/c1-9-8-17-14-11(12(9)16-4)6-5-10-7-15(2,3)18-13(10)14/h5-6,9,12,16H,7-8H2,1-4H3. The van der Waals surface area contributed by atoms with E-state index in [1.807, 2.05) is 7.05 Å². The number of hydrogen-bond acceptors (Lipinski definition) is 3. The van der Waals surface area contributed by atoms with Crippen LogP contribution in [0, 0.1) is 5.92 Å². The molecule has 3 heteroatoms. The number of hydrogen-bond donors (Lipinski definition) is 1. The summed E-state index contributed by atoms with van der Waals surface area (Å²) in [5, 5.41) is 3.39. The lowest BCUT2D eigenvalue weighted by molar-refractivity contribution is 0.124. The fraction of sp³-hybridized carbons (Fsp3) is 0.600. The summed E-state index contributed by atoms with van der Waals surface area (Å²) in [5.41, 5.74) is 2.38. The Balaban J connectivity index is 2.08. The minimum atomic E-state index is -0.112. The van der Waals surface area contributed by atoms with E-state index in [1.165, 1.54) is 11.1 Å². The largest absolute Gasteiger partial charge is 0.489 e. The minimum Gasteiger partial charge on any atom is -0.489 e. The van der Waals surface area contributed by atoms with Gasteiger partial charge < -0.3 is 14.8 Å². The summed E-state index contributed by atoms with van der Waals surface area (Å²) in [6.45, 7) is 7.21. The van der Waals surface area contributed by atoms with Gasteiger partial charge in [-0.25, -0.2) is 0 Å². The van der Waals surface area contributed by atoms with Crippen molar-refractivity contribution >= 4 is 0 Å². The molecule has 0 aromatic heterocycles. The predicted molar refractivity (Wildman–Crippen MR) is 71.3 cm³/mol. The lowest BCUT2D eigenvalue weighted by Gasteiger charge is -2.32. The van der Waals surface area contributed by atoms with Crippen molar-refractivity contribution in [3.05, 3.63) is 23.3 Å². The van der Waals surface area contributed by atoms with Gasteiger partial charge in [-0.1, -0.05) is 19.1 Å². The maximum absolute atomic E-state index is 6.07. The zero-order valence-corrected chi connectivity index (χ0v) is 11.5. The molecule has 0 fully saturated rings. The van der Waals surface area contributed by atoms with Crippen LogP contribution in [0.15, 0.2) is 12.1 Å². The normalized spacial score (nSPS) is 28.0. The molecule has 2 heterocycles. The van der Waals surface area contributed by atoms with Crippen LogP contribution in [0.2, 0.25) is 0 Å². The van der Waals surface area contributed by atoms with E-state index >= 15 is 0 Å². The first-order valence-electron chi connectivity index (χ1n) is 6.67. The molecule has 3 nitrogen and oxygen atoms in total. The Kier molecular flexibility index (Phi) is 2.56. The van der Waals surface area contributed by atoms with E-state index in [4.69, 9.17) is 9.47 Å². The molecule has 0 aliphatic carbocycles. The van der Waals surface area contributed by atoms with Crippen LogP contribution in [-0.4, -0.2) is 19.3 Å². The highest BCUT2D eigenvalue weighted by Gasteiger charge is 2.37. The van der Waals surface area contributed by atoms with Crippen LogP contribution in [0.25, 0.3) is 0 Å². The average Bonchev–Trinajstić information content (AvgIpc) is 2.63. The van der Waals surface area contributed by atoms with Crippen LogP contribution in [0.4, 0.5) is 0 Å². The molecule has 1 N–H and O–H groups in total. The average molecular weight is 247 g/mol. The van der Waals surface area contributed by atoms with Gasteiger partial charge in [0.2, 0.25) is 0 Å². The van der Waals surface area contributed by atoms with Gasteiger partial charge in [-0.15, -0.1) is 0 Å². The molecule has 0 bridgehead atoms. The molecule has 1 aromatic rings. The highest BCUT2D eigenvalue weighted by atomic mass is 16.5. The third-order valence-electron chi connectivity index (χ3n) is 3.92.